The van der Waals surface area contributed by atoms with Crippen molar-refractivity contribution in [3.63, 3.8) is 0 Å². The maximum absolute atomic E-state index is 14.4. The van der Waals surface area contributed by atoms with Gasteiger partial charge in [0.2, 0.25) is 0 Å². The third-order valence-electron chi connectivity index (χ3n) is 5.66. The van der Waals surface area contributed by atoms with Crippen molar-refractivity contribution in [2.24, 2.45) is 0 Å². The van der Waals surface area contributed by atoms with Crippen LogP contribution >= 0.6 is 0 Å². The molecule has 1 fully saturated rings. The summed E-state index contributed by atoms with van der Waals surface area (Å²) in [6, 6.07) is 6.13. The van der Waals surface area contributed by atoms with Crippen LogP contribution in [0.15, 0.2) is 30.6 Å². The van der Waals surface area contributed by atoms with Crippen molar-refractivity contribution in [2.75, 3.05) is 38.7 Å². The molecule has 0 atom stereocenters. The standard InChI is InChI=1S/C23H27FN4O3/c1-15-19(29)7-6-17(24)22(15)27-23-16-12-20(30-2)21(13-18(16)25-14-26-23)31-11-10-28-8-4-3-5-9-28/h6-7,12-14,29H,3-5,8-11H2,1-2H3,(H,25,26,27). The highest BCUT2D eigenvalue weighted by atomic mass is 19.1. The van der Waals surface area contributed by atoms with Crippen LogP contribution in [0.1, 0.15) is 24.8 Å². The molecule has 2 heterocycles. The van der Waals surface area contributed by atoms with Crippen molar-refractivity contribution in [1.29, 1.82) is 0 Å². The fourth-order valence-electron chi connectivity index (χ4n) is 3.84. The number of likely N-dealkylation sites (tertiary alicyclic amines) is 1. The summed E-state index contributed by atoms with van der Waals surface area (Å²) in [6.45, 7) is 5.30. The number of phenols is 1. The molecule has 1 saturated heterocycles. The lowest BCUT2D eigenvalue weighted by atomic mass is 10.1. The highest BCUT2D eigenvalue weighted by Crippen LogP contribution is 2.36. The summed E-state index contributed by atoms with van der Waals surface area (Å²) < 4.78 is 25.9. The molecule has 3 aromatic rings. The van der Waals surface area contributed by atoms with Gasteiger partial charge in [0, 0.05) is 23.6 Å². The smallest absolute Gasteiger partial charge is 0.163 e. The summed E-state index contributed by atoms with van der Waals surface area (Å²) in [5.41, 5.74) is 1.21. The van der Waals surface area contributed by atoms with Gasteiger partial charge in [-0.15, -0.1) is 0 Å². The van der Waals surface area contributed by atoms with E-state index in [1.807, 2.05) is 6.07 Å². The number of nitrogens with one attached hydrogen (secondary N) is 1. The van der Waals surface area contributed by atoms with E-state index in [4.69, 9.17) is 9.47 Å². The Morgan fingerprint density at radius 2 is 1.94 bits per heavy atom. The van der Waals surface area contributed by atoms with Crippen LogP contribution in [-0.4, -0.2) is 53.3 Å². The van der Waals surface area contributed by atoms with E-state index in [2.05, 4.69) is 20.2 Å². The minimum atomic E-state index is -0.480. The van der Waals surface area contributed by atoms with Gasteiger partial charge in [0.25, 0.3) is 0 Å². The number of rotatable bonds is 7. The molecule has 0 saturated carbocycles. The third-order valence-corrected chi connectivity index (χ3v) is 5.66. The zero-order valence-electron chi connectivity index (χ0n) is 17.8. The van der Waals surface area contributed by atoms with Crippen LogP contribution in [0, 0.1) is 12.7 Å². The van der Waals surface area contributed by atoms with Gasteiger partial charge in [-0.05, 0) is 51.1 Å². The van der Waals surface area contributed by atoms with Crippen molar-refractivity contribution >= 4 is 22.4 Å². The van der Waals surface area contributed by atoms with Crippen molar-refractivity contribution in [3.8, 4) is 17.2 Å². The molecule has 0 amide bonds. The molecule has 7 nitrogen and oxygen atoms in total. The van der Waals surface area contributed by atoms with E-state index >= 15 is 0 Å². The van der Waals surface area contributed by atoms with Crippen LogP contribution in [0.5, 0.6) is 17.2 Å². The fourth-order valence-corrected chi connectivity index (χ4v) is 3.84. The van der Waals surface area contributed by atoms with Gasteiger partial charge in [-0.1, -0.05) is 6.42 Å². The number of aromatic hydroxyl groups is 1. The number of aromatic nitrogens is 2. The highest BCUT2D eigenvalue weighted by Gasteiger charge is 2.16. The zero-order chi connectivity index (χ0) is 21.8. The molecule has 31 heavy (non-hydrogen) atoms. The molecule has 0 bridgehead atoms. The molecule has 2 N–H and O–H groups in total. The number of fused-ring (bicyclic) bond motifs is 1. The second-order valence-electron chi connectivity index (χ2n) is 7.68. The van der Waals surface area contributed by atoms with E-state index in [-0.39, 0.29) is 11.4 Å². The molecule has 2 aromatic carbocycles. The van der Waals surface area contributed by atoms with Crippen LogP contribution in [0.2, 0.25) is 0 Å². The van der Waals surface area contributed by atoms with E-state index < -0.39 is 5.82 Å². The van der Waals surface area contributed by atoms with Gasteiger partial charge in [0.05, 0.1) is 18.3 Å². The molecule has 0 aliphatic carbocycles. The number of ether oxygens (including phenoxy) is 2. The number of anilines is 2. The molecule has 0 radical (unpaired) electrons. The number of halogens is 1. The average molecular weight is 426 g/mol. The summed E-state index contributed by atoms with van der Waals surface area (Å²) in [5, 5.41) is 13.6. The summed E-state index contributed by atoms with van der Waals surface area (Å²) >= 11 is 0. The summed E-state index contributed by atoms with van der Waals surface area (Å²) in [7, 11) is 1.58. The monoisotopic (exact) mass is 426 g/mol. The SMILES string of the molecule is COc1cc2c(Nc3c(F)ccc(O)c3C)ncnc2cc1OCCN1CCCCC1. The highest BCUT2D eigenvalue weighted by molar-refractivity contribution is 5.93. The largest absolute Gasteiger partial charge is 0.508 e. The topological polar surface area (TPSA) is 79.7 Å². The van der Waals surface area contributed by atoms with Crippen LogP contribution in [-0.2, 0) is 0 Å². The Hall–Kier alpha value is -3.13. The second-order valence-corrected chi connectivity index (χ2v) is 7.68. The van der Waals surface area contributed by atoms with E-state index in [1.54, 1.807) is 20.1 Å². The minimum absolute atomic E-state index is 0.00392. The zero-order valence-corrected chi connectivity index (χ0v) is 17.8. The number of phenolic OH excluding ortho intramolecular Hbond substituents is 1. The van der Waals surface area contributed by atoms with Gasteiger partial charge in [-0.25, -0.2) is 14.4 Å². The fraction of sp³-hybridized carbons (Fsp3) is 0.391. The lowest BCUT2D eigenvalue weighted by Gasteiger charge is -2.26. The first kappa shape index (κ1) is 21.1. The second kappa shape index (κ2) is 9.34. The van der Waals surface area contributed by atoms with Gasteiger partial charge in [0.15, 0.2) is 11.5 Å². The molecule has 1 aliphatic rings. The van der Waals surface area contributed by atoms with Crippen molar-refractivity contribution < 1.29 is 19.0 Å². The molecular weight excluding hydrogens is 399 g/mol. The third kappa shape index (κ3) is 4.64. The Morgan fingerprint density at radius 3 is 2.71 bits per heavy atom. The van der Waals surface area contributed by atoms with Gasteiger partial charge in [-0.2, -0.15) is 0 Å². The number of hydrogen-bond donors (Lipinski definition) is 2. The van der Waals surface area contributed by atoms with Gasteiger partial charge in [-0.3, -0.25) is 4.90 Å². The van der Waals surface area contributed by atoms with Gasteiger partial charge >= 0.3 is 0 Å². The molecule has 4 rings (SSSR count). The van der Waals surface area contributed by atoms with E-state index in [1.165, 1.54) is 37.7 Å². The Labute approximate surface area is 180 Å². The predicted octanol–water partition coefficient (Wildman–Crippen LogP) is 4.40. The Morgan fingerprint density at radius 1 is 1.13 bits per heavy atom. The van der Waals surface area contributed by atoms with Crippen LogP contribution in [0.3, 0.4) is 0 Å². The maximum Gasteiger partial charge on any atom is 0.163 e. The maximum atomic E-state index is 14.4. The predicted molar refractivity (Wildman–Crippen MR) is 118 cm³/mol. The lowest BCUT2D eigenvalue weighted by molar-refractivity contribution is 0.181. The molecule has 1 aliphatic heterocycles. The summed E-state index contributed by atoms with van der Waals surface area (Å²) in [5.74, 6) is 1.10. The van der Waals surface area contributed by atoms with E-state index in [0.717, 1.165) is 19.6 Å². The normalized spacial score (nSPS) is 14.5. The first-order chi connectivity index (χ1) is 15.1. The van der Waals surface area contributed by atoms with Crippen LogP contribution in [0.25, 0.3) is 10.9 Å². The molecular formula is C23H27FN4O3. The Balaban J connectivity index is 1.59. The van der Waals surface area contributed by atoms with Crippen molar-refractivity contribution in [1.82, 2.24) is 14.9 Å². The number of benzene rings is 2. The molecule has 1 aromatic heterocycles. The number of methoxy groups -OCH3 is 1. The van der Waals surface area contributed by atoms with Gasteiger partial charge in [0.1, 0.15) is 30.3 Å². The molecule has 164 valence electrons. The minimum Gasteiger partial charge on any atom is -0.508 e. The molecule has 0 spiro atoms. The van der Waals surface area contributed by atoms with Crippen LogP contribution in [0.4, 0.5) is 15.9 Å². The Kier molecular flexibility index (Phi) is 6.36. The lowest BCUT2D eigenvalue weighted by Crippen LogP contribution is -2.33. The molecule has 0 unspecified atom stereocenters. The first-order valence-corrected chi connectivity index (χ1v) is 10.5. The number of hydrogen-bond acceptors (Lipinski definition) is 7. The number of nitrogens with zero attached hydrogens (tertiary/aromatic N) is 3. The average Bonchev–Trinajstić information content (AvgIpc) is 2.79. The van der Waals surface area contributed by atoms with E-state index in [9.17, 15) is 9.50 Å². The summed E-state index contributed by atoms with van der Waals surface area (Å²) in [4.78, 5) is 11.0. The van der Waals surface area contributed by atoms with Crippen molar-refractivity contribution in [2.45, 2.75) is 26.2 Å². The van der Waals surface area contributed by atoms with Crippen LogP contribution < -0.4 is 14.8 Å². The number of piperidine rings is 1. The Bertz CT molecular complexity index is 1070. The quantitative estimate of drug-likeness (QED) is 0.580. The molecule has 8 heteroatoms. The van der Waals surface area contributed by atoms with E-state index in [0.29, 0.717) is 40.4 Å². The summed E-state index contributed by atoms with van der Waals surface area (Å²) in [6.07, 6.45) is 5.19. The van der Waals surface area contributed by atoms with Crippen molar-refractivity contribution in [3.05, 3.63) is 42.0 Å². The first-order valence-electron chi connectivity index (χ1n) is 10.5. The van der Waals surface area contributed by atoms with Gasteiger partial charge < -0.3 is 19.9 Å².